The number of aromatic nitrogens is 4. The summed E-state index contributed by atoms with van der Waals surface area (Å²) in [6.45, 7) is 2.07. The number of amides is 1. The summed E-state index contributed by atoms with van der Waals surface area (Å²) < 4.78 is 20.6. The van der Waals surface area contributed by atoms with Crippen molar-refractivity contribution in [1.29, 1.82) is 0 Å². The van der Waals surface area contributed by atoms with Gasteiger partial charge in [0.05, 0.1) is 17.3 Å². The lowest BCUT2D eigenvalue weighted by atomic mass is 10.2. The fourth-order valence-electron chi connectivity index (χ4n) is 3.03. The number of ether oxygens (including phenoxy) is 1. The van der Waals surface area contributed by atoms with Gasteiger partial charge in [0.2, 0.25) is 0 Å². The van der Waals surface area contributed by atoms with Gasteiger partial charge >= 0.3 is 0 Å². The van der Waals surface area contributed by atoms with Crippen LogP contribution >= 0.6 is 0 Å². The van der Waals surface area contributed by atoms with Crippen LogP contribution in [-0.4, -0.2) is 32.3 Å². The summed E-state index contributed by atoms with van der Waals surface area (Å²) in [5, 5.41) is 8.36. The first kappa shape index (κ1) is 19.3. The lowest BCUT2D eigenvalue weighted by molar-refractivity contribution is -0.119. The quantitative estimate of drug-likeness (QED) is 0.489. The van der Waals surface area contributed by atoms with Gasteiger partial charge in [-0.05, 0) is 42.8 Å². The molecule has 30 heavy (non-hydrogen) atoms. The molecule has 8 nitrogen and oxygen atoms in total. The van der Waals surface area contributed by atoms with Gasteiger partial charge < -0.3 is 15.8 Å². The molecule has 3 N–H and O–H groups in total. The van der Waals surface area contributed by atoms with Gasteiger partial charge in [-0.1, -0.05) is 18.2 Å². The highest BCUT2D eigenvalue weighted by Crippen LogP contribution is 2.24. The average molecular weight is 406 g/mol. The molecule has 9 heteroatoms. The zero-order valence-corrected chi connectivity index (χ0v) is 16.2. The van der Waals surface area contributed by atoms with Gasteiger partial charge in [0, 0.05) is 6.54 Å². The van der Waals surface area contributed by atoms with Gasteiger partial charge in [-0.2, -0.15) is 5.10 Å². The molecule has 1 amide bonds. The largest absolute Gasteiger partial charge is 0.484 e. The molecule has 0 bridgehead atoms. The summed E-state index contributed by atoms with van der Waals surface area (Å²) >= 11 is 0. The Hall–Kier alpha value is -4.01. The van der Waals surface area contributed by atoms with Crippen molar-refractivity contribution in [3.8, 4) is 11.4 Å². The Morgan fingerprint density at radius 3 is 2.83 bits per heavy atom. The van der Waals surface area contributed by atoms with Crippen molar-refractivity contribution in [2.45, 2.75) is 13.5 Å². The number of fused-ring (bicyclic) bond motifs is 1. The van der Waals surface area contributed by atoms with Crippen LogP contribution < -0.4 is 15.8 Å². The standard InChI is InChI=1S/C21H19FN6O2/c1-13-26-20(24-10-14-4-2-7-17(8-14)30-12-19(23)29)18-11-25-28(21(18)27-13)16-6-3-5-15(22)9-16/h2-9,11H,10,12H2,1H3,(H2,23,29)(H,24,26,27). The number of hydrogen-bond donors (Lipinski definition) is 2. The predicted molar refractivity (Wildman–Crippen MR) is 110 cm³/mol. The third-order valence-electron chi connectivity index (χ3n) is 4.33. The number of hydrogen-bond acceptors (Lipinski definition) is 6. The van der Waals surface area contributed by atoms with E-state index >= 15 is 0 Å². The highest BCUT2D eigenvalue weighted by atomic mass is 19.1. The van der Waals surface area contributed by atoms with Crippen LogP contribution in [0.3, 0.4) is 0 Å². The van der Waals surface area contributed by atoms with Gasteiger partial charge in [0.1, 0.15) is 23.2 Å². The van der Waals surface area contributed by atoms with Gasteiger partial charge in [-0.25, -0.2) is 19.0 Å². The van der Waals surface area contributed by atoms with E-state index < -0.39 is 5.91 Å². The monoisotopic (exact) mass is 406 g/mol. The number of carbonyl (C=O) groups excluding carboxylic acids is 1. The minimum atomic E-state index is -0.535. The molecule has 0 fully saturated rings. The molecule has 0 atom stereocenters. The number of aryl methyl sites for hydroxylation is 1. The third-order valence-corrected chi connectivity index (χ3v) is 4.33. The van der Waals surface area contributed by atoms with Crippen LogP contribution in [0.4, 0.5) is 10.2 Å². The maximum Gasteiger partial charge on any atom is 0.255 e. The van der Waals surface area contributed by atoms with E-state index in [9.17, 15) is 9.18 Å². The molecular weight excluding hydrogens is 387 g/mol. The third kappa shape index (κ3) is 4.19. The Kier molecular flexibility index (Phi) is 5.25. The molecule has 0 spiro atoms. The predicted octanol–water partition coefficient (Wildman–Crippen LogP) is 2.74. The zero-order valence-electron chi connectivity index (χ0n) is 16.2. The molecule has 0 aliphatic carbocycles. The Morgan fingerprint density at radius 2 is 2.03 bits per heavy atom. The summed E-state index contributed by atoms with van der Waals surface area (Å²) in [4.78, 5) is 19.8. The van der Waals surface area contributed by atoms with Crippen LogP contribution in [0.2, 0.25) is 0 Å². The number of halogens is 1. The van der Waals surface area contributed by atoms with Crippen molar-refractivity contribution in [2.75, 3.05) is 11.9 Å². The zero-order chi connectivity index (χ0) is 21.1. The molecule has 0 saturated carbocycles. The Balaban J connectivity index is 1.59. The van der Waals surface area contributed by atoms with E-state index in [-0.39, 0.29) is 12.4 Å². The second-order valence-electron chi connectivity index (χ2n) is 6.65. The number of nitrogens with zero attached hydrogens (tertiary/aromatic N) is 4. The van der Waals surface area contributed by atoms with E-state index in [4.69, 9.17) is 10.5 Å². The molecule has 0 aliphatic heterocycles. The summed E-state index contributed by atoms with van der Waals surface area (Å²) in [5.74, 6) is 0.841. The molecule has 0 saturated heterocycles. The average Bonchev–Trinajstić information content (AvgIpc) is 3.14. The number of rotatable bonds is 7. The molecule has 0 aliphatic rings. The number of benzene rings is 2. The molecule has 4 rings (SSSR count). The van der Waals surface area contributed by atoms with Crippen molar-refractivity contribution in [1.82, 2.24) is 19.7 Å². The number of anilines is 1. The first-order chi connectivity index (χ1) is 14.5. The van der Waals surface area contributed by atoms with Crippen LogP contribution in [0.1, 0.15) is 11.4 Å². The SMILES string of the molecule is Cc1nc(NCc2cccc(OCC(N)=O)c2)c2cnn(-c3cccc(F)c3)c2n1. The summed E-state index contributed by atoms with van der Waals surface area (Å²) in [6.07, 6.45) is 1.65. The van der Waals surface area contributed by atoms with Gasteiger partial charge in [-0.15, -0.1) is 0 Å². The van der Waals surface area contributed by atoms with Crippen LogP contribution in [0.25, 0.3) is 16.7 Å². The van der Waals surface area contributed by atoms with Crippen LogP contribution in [0.15, 0.2) is 54.7 Å². The minimum Gasteiger partial charge on any atom is -0.484 e. The van der Waals surface area contributed by atoms with E-state index in [1.807, 2.05) is 18.2 Å². The molecule has 2 heterocycles. The van der Waals surface area contributed by atoms with Crippen molar-refractivity contribution in [3.63, 3.8) is 0 Å². The van der Waals surface area contributed by atoms with Crippen molar-refractivity contribution >= 4 is 22.8 Å². The van der Waals surface area contributed by atoms with Crippen molar-refractivity contribution < 1.29 is 13.9 Å². The number of carbonyl (C=O) groups is 1. The summed E-state index contributed by atoms with van der Waals surface area (Å²) in [6, 6.07) is 13.5. The topological polar surface area (TPSA) is 108 Å². The fraction of sp³-hybridized carbons (Fsp3) is 0.143. The Morgan fingerprint density at radius 1 is 1.20 bits per heavy atom. The first-order valence-corrected chi connectivity index (χ1v) is 9.22. The maximum atomic E-state index is 13.6. The molecular formula is C21H19FN6O2. The van der Waals surface area contributed by atoms with Crippen molar-refractivity contribution in [2.24, 2.45) is 5.73 Å². The van der Waals surface area contributed by atoms with E-state index in [1.54, 1.807) is 36.0 Å². The van der Waals surface area contributed by atoms with Crippen molar-refractivity contribution in [3.05, 3.63) is 71.9 Å². The number of nitrogens with two attached hydrogens (primary N) is 1. The van der Waals surface area contributed by atoms with Gasteiger partial charge in [0.25, 0.3) is 5.91 Å². The minimum absolute atomic E-state index is 0.179. The Bertz CT molecular complexity index is 1220. The van der Waals surface area contributed by atoms with Crippen LogP contribution in [0, 0.1) is 12.7 Å². The lowest BCUT2D eigenvalue weighted by Crippen LogP contribution is -2.20. The van der Waals surface area contributed by atoms with Crippen LogP contribution in [0.5, 0.6) is 5.75 Å². The van der Waals surface area contributed by atoms with E-state index in [0.29, 0.717) is 40.7 Å². The van der Waals surface area contributed by atoms with Crippen LogP contribution in [-0.2, 0) is 11.3 Å². The number of primary amides is 1. The smallest absolute Gasteiger partial charge is 0.255 e. The fourth-order valence-corrected chi connectivity index (χ4v) is 3.03. The highest BCUT2D eigenvalue weighted by Gasteiger charge is 2.13. The molecule has 0 unspecified atom stereocenters. The lowest BCUT2D eigenvalue weighted by Gasteiger charge is -2.10. The van der Waals surface area contributed by atoms with E-state index in [2.05, 4.69) is 20.4 Å². The van der Waals surface area contributed by atoms with Gasteiger partial charge in [0.15, 0.2) is 12.3 Å². The second-order valence-corrected chi connectivity index (χ2v) is 6.65. The van der Waals surface area contributed by atoms with E-state index in [0.717, 1.165) is 5.56 Å². The first-order valence-electron chi connectivity index (χ1n) is 9.22. The summed E-state index contributed by atoms with van der Waals surface area (Å²) in [7, 11) is 0. The van der Waals surface area contributed by atoms with E-state index in [1.165, 1.54) is 12.1 Å². The Labute approximate surface area is 171 Å². The highest BCUT2D eigenvalue weighted by molar-refractivity contribution is 5.87. The summed E-state index contributed by atoms with van der Waals surface area (Å²) in [5.41, 5.74) is 7.20. The maximum absolute atomic E-state index is 13.6. The molecule has 4 aromatic rings. The number of nitrogens with one attached hydrogen (secondary N) is 1. The molecule has 0 radical (unpaired) electrons. The van der Waals surface area contributed by atoms with Gasteiger partial charge in [-0.3, -0.25) is 4.79 Å². The second kappa shape index (κ2) is 8.16. The molecule has 2 aromatic carbocycles. The molecule has 152 valence electrons. The normalized spacial score (nSPS) is 10.9. The molecule has 2 aromatic heterocycles.